The summed E-state index contributed by atoms with van der Waals surface area (Å²) >= 11 is 1.69. The van der Waals surface area contributed by atoms with Crippen molar-refractivity contribution in [2.45, 2.75) is 112 Å². The minimum absolute atomic E-state index is 0.0540. The van der Waals surface area contributed by atoms with Crippen molar-refractivity contribution in [3.05, 3.63) is 0 Å². The first kappa shape index (κ1) is 28.6. The van der Waals surface area contributed by atoms with E-state index < -0.39 is 20.9 Å². The molecule has 2 aliphatic heterocycles. The van der Waals surface area contributed by atoms with Crippen LogP contribution in [0, 0.1) is 5.92 Å². The number of carbonyl (C=O) groups excluding carboxylic acids is 1. The van der Waals surface area contributed by atoms with Crippen LogP contribution in [0.3, 0.4) is 0 Å². The number of hydrogen-bond donors (Lipinski definition) is 2. The molecule has 2 saturated carbocycles. The minimum atomic E-state index is -3.59. The molecule has 208 valence electrons. The average Bonchev–Trinajstić information content (AvgIpc) is 2.87. The fourth-order valence-electron chi connectivity index (χ4n) is 6.64. The molecule has 2 heterocycles. The van der Waals surface area contributed by atoms with Crippen molar-refractivity contribution in [2.24, 2.45) is 5.92 Å². The van der Waals surface area contributed by atoms with Crippen LogP contribution in [0.1, 0.15) is 65.2 Å². The standard InChI is InChI=1S/C25H45N3O6S2/c1-25(2)15-28(36(30,31)17-9-11-21(32-3)22(14-17)33-4)19-13-16(8-10-20(19)34-25)27-23(29)18-7-6-12-26-24(18)35-5/h16-22,24,26H,6-15H2,1-5H3,(H,27,29). The van der Waals surface area contributed by atoms with Gasteiger partial charge in [-0.25, -0.2) is 8.42 Å². The zero-order valence-corrected chi connectivity index (χ0v) is 24.0. The van der Waals surface area contributed by atoms with E-state index in [9.17, 15) is 13.2 Å². The van der Waals surface area contributed by atoms with Crippen LogP contribution in [0.15, 0.2) is 0 Å². The van der Waals surface area contributed by atoms with Crippen molar-refractivity contribution in [1.82, 2.24) is 14.9 Å². The van der Waals surface area contributed by atoms with Crippen molar-refractivity contribution in [2.75, 3.05) is 33.6 Å². The molecule has 8 atom stereocenters. The molecule has 0 bridgehead atoms. The number of sulfonamides is 1. The average molecular weight is 548 g/mol. The van der Waals surface area contributed by atoms with Crippen molar-refractivity contribution in [3.8, 4) is 0 Å². The number of morpholine rings is 1. The normalized spacial score (nSPS) is 39.8. The van der Waals surface area contributed by atoms with E-state index in [1.807, 2.05) is 20.1 Å². The number of fused-ring (bicyclic) bond motifs is 1. The second-order valence-electron chi connectivity index (χ2n) is 11.4. The molecule has 1 amide bonds. The number of amides is 1. The number of ether oxygens (including phenoxy) is 3. The Morgan fingerprint density at radius 3 is 2.53 bits per heavy atom. The highest BCUT2D eigenvalue weighted by atomic mass is 32.2. The number of piperidine rings is 1. The number of thioether (sulfide) groups is 1. The Bertz CT molecular complexity index is 872. The van der Waals surface area contributed by atoms with Gasteiger partial charge in [-0.05, 0) is 78.0 Å². The Morgan fingerprint density at radius 2 is 1.83 bits per heavy atom. The van der Waals surface area contributed by atoms with Gasteiger partial charge in [-0.3, -0.25) is 4.79 Å². The Balaban J connectivity index is 1.49. The third-order valence-corrected chi connectivity index (χ3v) is 11.8. The summed E-state index contributed by atoms with van der Waals surface area (Å²) in [7, 11) is -0.317. The minimum Gasteiger partial charge on any atom is -0.379 e. The van der Waals surface area contributed by atoms with Crippen LogP contribution in [-0.2, 0) is 29.0 Å². The predicted molar refractivity (Wildman–Crippen MR) is 141 cm³/mol. The molecule has 11 heteroatoms. The molecule has 4 aliphatic rings. The van der Waals surface area contributed by atoms with E-state index in [1.54, 1.807) is 30.3 Å². The smallest absolute Gasteiger partial charge is 0.225 e. The van der Waals surface area contributed by atoms with E-state index in [0.717, 1.165) is 32.2 Å². The fraction of sp³-hybridized carbons (Fsp3) is 0.960. The molecular formula is C25H45N3O6S2. The van der Waals surface area contributed by atoms with E-state index in [0.29, 0.717) is 32.2 Å². The lowest BCUT2D eigenvalue weighted by molar-refractivity contribution is -0.158. The molecule has 2 saturated heterocycles. The molecule has 36 heavy (non-hydrogen) atoms. The van der Waals surface area contributed by atoms with E-state index in [4.69, 9.17) is 14.2 Å². The topological polar surface area (TPSA) is 106 Å². The summed E-state index contributed by atoms with van der Waals surface area (Å²) in [4.78, 5) is 13.2. The molecule has 0 aromatic heterocycles. The lowest BCUT2D eigenvalue weighted by Crippen LogP contribution is -2.65. The van der Waals surface area contributed by atoms with Gasteiger partial charge < -0.3 is 24.8 Å². The molecule has 0 aromatic carbocycles. The molecule has 8 unspecified atom stereocenters. The van der Waals surface area contributed by atoms with E-state index in [2.05, 4.69) is 10.6 Å². The number of rotatable bonds is 7. The molecule has 4 fully saturated rings. The summed E-state index contributed by atoms with van der Waals surface area (Å²) in [5.41, 5.74) is -0.561. The van der Waals surface area contributed by atoms with Crippen molar-refractivity contribution in [3.63, 3.8) is 0 Å². The Kier molecular flexibility index (Phi) is 9.33. The maximum absolute atomic E-state index is 14.1. The molecule has 2 aliphatic carbocycles. The maximum Gasteiger partial charge on any atom is 0.225 e. The van der Waals surface area contributed by atoms with Crippen LogP contribution in [0.4, 0.5) is 0 Å². The summed E-state index contributed by atoms with van der Waals surface area (Å²) in [6, 6.07) is -0.328. The van der Waals surface area contributed by atoms with Gasteiger partial charge in [-0.2, -0.15) is 4.31 Å². The van der Waals surface area contributed by atoms with Gasteiger partial charge in [-0.1, -0.05) is 0 Å². The number of hydrogen-bond acceptors (Lipinski definition) is 8. The zero-order chi connectivity index (χ0) is 26.1. The number of nitrogens with zero attached hydrogens (tertiary/aromatic N) is 1. The monoisotopic (exact) mass is 547 g/mol. The first-order valence-electron chi connectivity index (χ1n) is 13.4. The van der Waals surface area contributed by atoms with E-state index >= 15 is 0 Å². The molecule has 2 N–H and O–H groups in total. The SMILES string of the molecule is COC1CCC(S(=O)(=O)N2CC(C)(C)OC3CCC(NC(=O)C4CCCNC4SC)CC32)CC1OC. The maximum atomic E-state index is 14.1. The van der Waals surface area contributed by atoms with Crippen LogP contribution >= 0.6 is 11.8 Å². The van der Waals surface area contributed by atoms with Gasteiger partial charge in [0.1, 0.15) is 0 Å². The van der Waals surface area contributed by atoms with Gasteiger partial charge in [0.15, 0.2) is 0 Å². The highest BCUT2D eigenvalue weighted by Gasteiger charge is 2.51. The van der Waals surface area contributed by atoms with E-state index in [1.165, 1.54) is 0 Å². The Hall–Kier alpha value is -0.430. The Morgan fingerprint density at radius 1 is 1.08 bits per heavy atom. The summed E-state index contributed by atoms with van der Waals surface area (Å²) in [6.45, 7) is 5.20. The van der Waals surface area contributed by atoms with Gasteiger partial charge in [-0.15, -0.1) is 11.8 Å². The van der Waals surface area contributed by atoms with Gasteiger partial charge in [0, 0.05) is 26.8 Å². The highest BCUT2D eigenvalue weighted by Crippen LogP contribution is 2.39. The molecule has 0 radical (unpaired) electrons. The number of nitrogens with one attached hydrogen (secondary N) is 2. The summed E-state index contributed by atoms with van der Waals surface area (Å²) in [6.07, 6.45) is 7.18. The van der Waals surface area contributed by atoms with Gasteiger partial charge in [0.2, 0.25) is 15.9 Å². The molecular weight excluding hydrogens is 502 g/mol. The summed E-state index contributed by atoms with van der Waals surface area (Å²) in [5.74, 6) is 0.0204. The van der Waals surface area contributed by atoms with Gasteiger partial charge in [0.25, 0.3) is 0 Å². The van der Waals surface area contributed by atoms with Crippen molar-refractivity contribution < 1.29 is 27.4 Å². The molecule has 0 spiro atoms. The largest absolute Gasteiger partial charge is 0.379 e. The van der Waals surface area contributed by atoms with Crippen LogP contribution in [0.5, 0.6) is 0 Å². The quantitative estimate of drug-likeness (QED) is 0.499. The lowest BCUT2D eigenvalue weighted by Gasteiger charge is -2.52. The van der Waals surface area contributed by atoms with Crippen LogP contribution < -0.4 is 10.6 Å². The predicted octanol–water partition coefficient (Wildman–Crippen LogP) is 2.10. The lowest BCUT2D eigenvalue weighted by atomic mass is 9.85. The number of carbonyl (C=O) groups is 1. The number of methoxy groups -OCH3 is 2. The molecule has 0 aromatic rings. The highest BCUT2D eigenvalue weighted by molar-refractivity contribution is 7.99. The Labute approximate surface area is 221 Å². The fourth-order valence-corrected chi connectivity index (χ4v) is 9.85. The van der Waals surface area contributed by atoms with Gasteiger partial charge >= 0.3 is 0 Å². The summed E-state index contributed by atoms with van der Waals surface area (Å²) in [5, 5.41) is 6.35. The van der Waals surface area contributed by atoms with E-state index in [-0.39, 0.29) is 47.6 Å². The molecule has 9 nitrogen and oxygen atoms in total. The van der Waals surface area contributed by atoms with Crippen LogP contribution in [-0.4, -0.2) is 98.8 Å². The molecule has 4 rings (SSSR count). The van der Waals surface area contributed by atoms with Crippen LogP contribution in [0.25, 0.3) is 0 Å². The van der Waals surface area contributed by atoms with Gasteiger partial charge in [0.05, 0.1) is 46.5 Å². The third kappa shape index (κ3) is 6.07. The first-order chi connectivity index (χ1) is 17.1. The first-order valence-corrected chi connectivity index (χ1v) is 16.2. The van der Waals surface area contributed by atoms with Crippen molar-refractivity contribution in [1.29, 1.82) is 0 Å². The van der Waals surface area contributed by atoms with Crippen LogP contribution in [0.2, 0.25) is 0 Å². The van der Waals surface area contributed by atoms with Crippen molar-refractivity contribution >= 4 is 27.7 Å². The zero-order valence-electron chi connectivity index (χ0n) is 22.4. The summed E-state index contributed by atoms with van der Waals surface area (Å²) < 4.78 is 47.4. The second kappa shape index (κ2) is 11.8. The third-order valence-electron chi connectivity index (χ3n) is 8.51. The second-order valence-corrected chi connectivity index (χ2v) is 14.6.